The molecule has 21 heavy (non-hydrogen) atoms. The minimum absolute atomic E-state index is 0. The summed E-state index contributed by atoms with van der Waals surface area (Å²) in [7, 11) is 0. The van der Waals surface area contributed by atoms with Crippen molar-refractivity contribution in [1.82, 2.24) is 0 Å². The Bertz CT molecular complexity index is 231. The summed E-state index contributed by atoms with van der Waals surface area (Å²) < 4.78 is 4.79. The summed E-state index contributed by atoms with van der Waals surface area (Å²) in [5, 5.41) is 0. The predicted octanol–water partition coefficient (Wildman–Crippen LogP) is -0.990. The molecule has 0 spiro atoms. The first-order valence-electron chi connectivity index (χ1n) is 7.94. The topological polar surface area (TPSA) is 43.4 Å². The van der Waals surface area contributed by atoms with Gasteiger partial charge < -0.3 is 7.59 Å². The Balaban J connectivity index is -0.000000270. The normalized spacial score (nSPS) is 9.43. The third-order valence-corrected chi connectivity index (χ3v) is 3.20. The van der Waals surface area contributed by atoms with E-state index < -0.39 is 0 Å². The molecular weight excluding hydrogens is 286 g/mol. The van der Waals surface area contributed by atoms with Gasteiger partial charge in [0.15, 0.2) is 0 Å². The third-order valence-electron chi connectivity index (χ3n) is 3.20. The van der Waals surface area contributed by atoms with Crippen LogP contribution in [0.15, 0.2) is 0 Å². The minimum Gasteiger partial charge on any atom is -1.00 e. The van der Waals surface area contributed by atoms with Crippen molar-refractivity contribution in [3.63, 3.8) is 0 Å². The summed E-state index contributed by atoms with van der Waals surface area (Å²) >= 11 is 0. The molecular formula is C16H32Na2O3. The molecule has 0 unspecified atom stereocenters. The maximum absolute atomic E-state index is 11.4. The molecule has 0 atom stereocenters. The van der Waals surface area contributed by atoms with Gasteiger partial charge in [-0.1, -0.05) is 65.2 Å². The summed E-state index contributed by atoms with van der Waals surface area (Å²) in [5.41, 5.74) is 0. The monoisotopic (exact) mass is 318 g/mol. The van der Waals surface area contributed by atoms with Crippen molar-refractivity contribution in [2.24, 2.45) is 0 Å². The Morgan fingerprint density at radius 3 is 1.33 bits per heavy atom. The molecule has 5 heteroatoms. The Hall–Kier alpha value is 1.14. The van der Waals surface area contributed by atoms with E-state index in [1.54, 1.807) is 0 Å². The van der Waals surface area contributed by atoms with Gasteiger partial charge in [-0.3, -0.25) is 9.59 Å². The molecule has 0 radical (unpaired) electrons. The van der Waals surface area contributed by atoms with E-state index >= 15 is 0 Å². The van der Waals surface area contributed by atoms with E-state index in [-0.39, 0.29) is 73.9 Å². The minimum atomic E-state index is -0.352. The number of esters is 2. The predicted molar refractivity (Wildman–Crippen MR) is 80.1 cm³/mol. The van der Waals surface area contributed by atoms with E-state index in [0.717, 1.165) is 38.5 Å². The first kappa shape index (κ1) is 27.0. The van der Waals surface area contributed by atoms with Crippen molar-refractivity contribution in [1.29, 1.82) is 0 Å². The van der Waals surface area contributed by atoms with E-state index in [2.05, 4.69) is 13.8 Å². The van der Waals surface area contributed by atoms with E-state index in [1.165, 1.54) is 25.7 Å². The number of carbonyl (C=O) groups is 2. The Labute approximate surface area is 177 Å². The number of hydrogen-bond acceptors (Lipinski definition) is 3. The van der Waals surface area contributed by atoms with Gasteiger partial charge in [0.05, 0.1) is 0 Å². The summed E-state index contributed by atoms with van der Waals surface area (Å²) in [5.74, 6) is -0.704. The van der Waals surface area contributed by atoms with Crippen LogP contribution in [0.4, 0.5) is 0 Å². The second-order valence-corrected chi connectivity index (χ2v) is 5.17. The van der Waals surface area contributed by atoms with Crippen LogP contribution in [0.1, 0.15) is 93.8 Å². The smallest absolute Gasteiger partial charge is 1.00 e. The van der Waals surface area contributed by atoms with Crippen LogP contribution in [0.5, 0.6) is 0 Å². The van der Waals surface area contributed by atoms with Crippen LogP contribution < -0.4 is 59.1 Å². The van der Waals surface area contributed by atoms with Crippen LogP contribution in [0.2, 0.25) is 0 Å². The molecule has 3 nitrogen and oxygen atoms in total. The molecule has 0 N–H and O–H groups in total. The molecule has 0 amide bonds. The van der Waals surface area contributed by atoms with E-state index in [0.29, 0.717) is 12.8 Å². The molecule has 0 heterocycles. The van der Waals surface area contributed by atoms with E-state index in [1.807, 2.05) is 0 Å². The second-order valence-electron chi connectivity index (χ2n) is 5.17. The van der Waals surface area contributed by atoms with Gasteiger partial charge in [0, 0.05) is 12.8 Å². The number of unbranched alkanes of at least 4 members (excludes halogenated alkanes) is 8. The molecule has 116 valence electrons. The summed E-state index contributed by atoms with van der Waals surface area (Å²) in [4.78, 5) is 22.8. The van der Waals surface area contributed by atoms with Crippen molar-refractivity contribution >= 4 is 11.9 Å². The van der Waals surface area contributed by atoms with Gasteiger partial charge >= 0.3 is 71.1 Å². The Morgan fingerprint density at radius 1 is 0.667 bits per heavy atom. The van der Waals surface area contributed by atoms with Crippen LogP contribution in [0, 0.1) is 0 Å². The zero-order chi connectivity index (χ0) is 14.3. The van der Waals surface area contributed by atoms with Crippen LogP contribution in [-0.2, 0) is 14.3 Å². The summed E-state index contributed by atoms with van der Waals surface area (Å²) in [6.45, 7) is 4.32. The Kier molecular flexibility index (Phi) is 27.2. The van der Waals surface area contributed by atoms with Gasteiger partial charge in [-0.25, -0.2) is 0 Å². The summed E-state index contributed by atoms with van der Waals surface area (Å²) in [6.07, 6.45) is 11.7. The quantitative estimate of drug-likeness (QED) is 0.201. The van der Waals surface area contributed by atoms with Crippen molar-refractivity contribution in [2.75, 3.05) is 0 Å². The van der Waals surface area contributed by atoms with Crippen LogP contribution in [0.3, 0.4) is 0 Å². The number of hydrogen-bond donors (Lipinski definition) is 0. The van der Waals surface area contributed by atoms with Gasteiger partial charge in [0.2, 0.25) is 0 Å². The van der Waals surface area contributed by atoms with Gasteiger partial charge in [-0.15, -0.1) is 0 Å². The van der Waals surface area contributed by atoms with Crippen molar-refractivity contribution in [2.45, 2.75) is 90.9 Å². The molecule has 0 rings (SSSR count). The van der Waals surface area contributed by atoms with Crippen molar-refractivity contribution in [3.05, 3.63) is 0 Å². The second kappa shape index (κ2) is 21.1. The van der Waals surface area contributed by atoms with Gasteiger partial charge in [-0.2, -0.15) is 0 Å². The fourth-order valence-corrected chi connectivity index (χ4v) is 1.97. The first-order valence-corrected chi connectivity index (χ1v) is 7.94. The molecule has 0 fully saturated rings. The van der Waals surface area contributed by atoms with Gasteiger partial charge in [-0.05, 0) is 12.8 Å². The molecule has 0 aromatic rings. The van der Waals surface area contributed by atoms with Gasteiger partial charge in [0.1, 0.15) is 0 Å². The fourth-order valence-electron chi connectivity index (χ4n) is 1.97. The van der Waals surface area contributed by atoms with Crippen LogP contribution in [0.25, 0.3) is 0 Å². The molecule has 0 saturated heterocycles. The fraction of sp³-hybridized carbons (Fsp3) is 0.875. The zero-order valence-corrected chi connectivity index (χ0v) is 18.7. The molecule has 0 aromatic carbocycles. The van der Waals surface area contributed by atoms with Crippen LogP contribution >= 0.6 is 0 Å². The molecule has 0 aromatic heterocycles. The number of rotatable bonds is 12. The average molecular weight is 318 g/mol. The number of ether oxygens (including phenoxy) is 1. The SMILES string of the molecule is CCCCCCCC(=O)OC(=O)CCCCCCC.[H-].[H-].[Na+].[Na+]. The standard InChI is InChI=1S/C16H30O3.2Na.2H/c1-3-5-7-9-11-13-15(17)19-16(18)14-12-10-8-6-4-2;;;;/h3-14H2,1-2H3;;;;/q;2*+1;2*-1. The average Bonchev–Trinajstić information content (AvgIpc) is 2.38. The van der Waals surface area contributed by atoms with E-state index in [9.17, 15) is 9.59 Å². The Morgan fingerprint density at radius 2 is 1.00 bits per heavy atom. The summed E-state index contributed by atoms with van der Waals surface area (Å²) in [6, 6.07) is 0. The molecule has 0 aliphatic carbocycles. The maximum atomic E-state index is 11.4. The largest absolute Gasteiger partial charge is 1.00 e. The van der Waals surface area contributed by atoms with E-state index in [4.69, 9.17) is 4.74 Å². The maximum Gasteiger partial charge on any atom is 1.00 e. The van der Waals surface area contributed by atoms with Gasteiger partial charge in [0.25, 0.3) is 0 Å². The van der Waals surface area contributed by atoms with Crippen LogP contribution in [-0.4, -0.2) is 11.9 Å². The van der Waals surface area contributed by atoms with Crippen molar-refractivity contribution < 1.29 is 76.3 Å². The molecule has 0 bridgehead atoms. The molecule has 0 aliphatic heterocycles. The zero-order valence-electron chi connectivity index (χ0n) is 16.7. The molecule has 0 saturated carbocycles. The van der Waals surface area contributed by atoms with Crippen molar-refractivity contribution in [3.8, 4) is 0 Å². The third kappa shape index (κ3) is 21.1. The first-order chi connectivity index (χ1) is 9.20. The number of carbonyl (C=O) groups excluding carboxylic acids is 2. The molecule has 0 aliphatic rings.